The summed E-state index contributed by atoms with van der Waals surface area (Å²) < 4.78 is 25.2. The maximum absolute atomic E-state index is 12.9. The molecular formula is C18H18N2O6S. The summed E-state index contributed by atoms with van der Waals surface area (Å²) in [4.78, 5) is 28.1. The van der Waals surface area contributed by atoms with Crippen LogP contribution in [0.1, 0.15) is 34.7 Å². The minimum absolute atomic E-state index is 0.00522. The minimum atomic E-state index is -2.48. The van der Waals surface area contributed by atoms with Gasteiger partial charge in [-0.15, -0.1) is 0 Å². The number of hydrogen-bond donors (Lipinski definition) is 4. The maximum Gasteiger partial charge on any atom is 0.339 e. The van der Waals surface area contributed by atoms with Crippen molar-refractivity contribution in [3.05, 3.63) is 45.6 Å². The van der Waals surface area contributed by atoms with E-state index >= 15 is 0 Å². The van der Waals surface area contributed by atoms with Gasteiger partial charge < -0.3 is 15.3 Å². The van der Waals surface area contributed by atoms with E-state index in [1.165, 1.54) is 6.07 Å². The molecule has 0 aliphatic carbocycles. The van der Waals surface area contributed by atoms with Gasteiger partial charge in [0.2, 0.25) is 11.1 Å². The highest BCUT2D eigenvalue weighted by molar-refractivity contribution is 8.24. The summed E-state index contributed by atoms with van der Waals surface area (Å²) >= 11 is 0. The minimum Gasteiger partial charge on any atom is -0.478 e. The van der Waals surface area contributed by atoms with Crippen LogP contribution in [0, 0.1) is 0 Å². The van der Waals surface area contributed by atoms with Crippen LogP contribution < -0.4 is 11.2 Å². The van der Waals surface area contributed by atoms with Crippen molar-refractivity contribution >= 4 is 44.4 Å². The number of nitrogen functional groups attached to an aromatic ring is 1. The van der Waals surface area contributed by atoms with E-state index in [-0.39, 0.29) is 33.8 Å². The number of nitrogens with zero attached hydrogens (tertiary/aromatic N) is 1. The average molecular weight is 390 g/mol. The van der Waals surface area contributed by atoms with Crippen molar-refractivity contribution in [2.75, 3.05) is 17.2 Å². The third-order valence-electron chi connectivity index (χ3n) is 5.00. The van der Waals surface area contributed by atoms with Crippen LogP contribution >= 0.6 is 10.6 Å². The molecule has 1 saturated heterocycles. The fraction of sp³-hybridized carbons (Fsp3) is 0.278. The molecule has 8 nitrogen and oxygen atoms in total. The Labute approximate surface area is 155 Å². The van der Waals surface area contributed by atoms with E-state index in [1.807, 2.05) is 6.07 Å². The van der Waals surface area contributed by atoms with E-state index in [9.17, 15) is 23.8 Å². The lowest BCUT2D eigenvalue weighted by molar-refractivity contribution is 0.0698. The molecule has 142 valence electrons. The number of carboxylic acid groups (broad SMARTS) is 1. The molecule has 0 spiro atoms. The first kappa shape index (κ1) is 17.8. The molecule has 0 amide bonds. The SMILES string of the molecule is Nc1nc2oc3ccc(C4CCS(O)(O)CC4)cc3c(=O)c2cc1C(=O)O. The highest BCUT2D eigenvalue weighted by atomic mass is 32.3. The molecule has 1 aromatic carbocycles. The van der Waals surface area contributed by atoms with Gasteiger partial charge in [-0.05, 0) is 42.5 Å². The zero-order valence-corrected chi connectivity index (χ0v) is 15.0. The molecule has 1 aliphatic heterocycles. The summed E-state index contributed by atoms with van der Waals surface area (Å²) in [5.41, 5.74) is 6.27. The van der Waals surface area contributed by atoms with Gasteiger partial charge in [0.05, 0.1) is 10.8 Å². The van der Waals surface area contributed by atoms with E-state index in [1.54, 1.807) is 12.1 Å². The van der Waals surface area contributed by atoms with Crippen molar-refractivity contribution in [2.45, 2.75) is 18.8 Å². The van der Waals surface area contributed by atoms with Crippen molar-refractivity contribution in [2.24, 2.45) is 0 Å². The molecule has 0 radical (unpaired) electrons. The smallest absolute Gasteiger partial charge is 0.339 e. The van der Waals surface area contributed by atoms with E-state index < -0.39 is 16.6 Å². The zero-order chi connectivity index (χ0) is 19.3. The van der Waals surface area contributed by atoms with E-state index in [4.69, 9.17) is 10.2 Å². The number of rotatable bonds is 2. The first-order valence-electron chi connectivity index (χ1n) is 8.39. The van der Waals surface area contributed by atoms with E-state index in [0.29, 0.717) is 35.3 Å². The lowest BCUT2D eigenvalue weighted by Gasteiger charge is -2.39. The predicted octanol–water partition coefficient (Wildman–Crippen LogP) is 3.25. The Hall–Kier alpha value is -2.62. The Morgan fingerprint density at radius 3 is 2.56 bits per heavy atom. The Morgan fingerprint density at radius 1 is 1.19 bits per heavy atom. The first-order chi connectivity index (χ1) is 12.7. The Bertz CT molecular complexity index is 1130. The van der Waals surface area contributed by atoms with Crippen LogP contribution in [-0.4, -0.2) is 36.7 Å². The largest absolute Gasteiger partial charge is 0.478 e. The van der Waals surface area contributed by atoms with Crippen molar-refractivity contribution in [1.29, 1.82) is 0 Å². The molecule has 0 bridgehead atoms. The molecule has 3 heterocycles. The monoisotopic (exact) mass is 390 g/mol. The molecule has 1 fully saturated rings. The molecule has 2 aromatic heterocycles. The van der Waals surface area contributed by atoms with Crippen LogP contribution in [0.25, 0.3) is 22.1 Å². The summed E-state index contributed by atoms with van der Waals surface area (Å²) in [6.45, 7) is 0. The Balaban J connectivity index is 1.84. The summed E-state index contributed by atoms with van der Waals surface area (Å²) in [6, 6.07) is 6.46. The Morgan fingerprint density at radius 2 is 1.89 bits per heavy atom. The standard InChI is InChI=1S/C18H18N2O6S/c19-16-13(18(22)23)8-12-15(21)11-7-10(1-2-14(11)26-17(12)20-16)9-3-5-27(24,25)6-4-9/h1-2,7-9,24-25H,3-6H2,(H2,19,20)(H,22,23). The quantitative estimate of drug-likeness (QED) is 0.488. The van der Waals surface area contributed by atoms with Gasteiger partial charge in [-0.25, -0.2) is 4.79 Å². The van der Waals surface area contributed by atoms with Gasteiger partial charge >= 0.3 is 5.97 Å². The molecule has 3 aromatic rings. The number of benzene rings is 1. The number of fused-ring (bicyclic) bond motifs is 2. The van der Waals surface area contributed by atoms with Crippen LogP contribution in [0.4, 0.5) is 5.82 Å². The van der Waals surface area contributed by atoms with Gasteiger partial charge in [0.1, 0.15) is 17.0 Å². The molecule has 0 atom stereocenters. The van der Waals surface area contributed by atoms with Gasteiger partial charge in [0.15, 0.2) is 0 Å². The van der Waals surface area contributed by atoms with Gasteiger partial charge in [0.25, 0.3) is 0 Å². The fourth-order valence-electron chi connectivity index (χ4n) is 3.48. The summed E-state index contributed by atoms with van der Waals surface area (Å²) in [5, 5.41) is 9.59. The normalized spacial score (nSPS) is 18.6. The second-order valence-electron chi connectivity index (χ2n) is 6.75. The van der Waals surface area contributed by atoms with Crippen LogP contribution in [0.15, 0.2) is 33.5 Å². The molecule has 27 heavy (non-hydrogen) atoms. The van der Waals surface area contributed by atoms with Gasteiger partial charge in [-0.1, -0.05) is 6.07 Å². The maximum atomic E-state index is 12.9. The topological polar surface area (TPSA) is 147 Å². The average Bonchev–Trinajstić information content (AvgIpc) is 2.61. The Kier molecular flexibility index (Phi) is 4.10. The number of carbonyl (C=O) groups is 1. The van der Waals surface area contributed by atoms with Gasteiger partial charge in [-0.3, -0.25) is 13.9 Å². The molecule has 9 heteroatoms. The highest BCUT2D eigenvalue weighted by Gasteiger charge is 2.25. The van der Waals surface area contributed by atoms with Crippen molar-refractivity contribution in [3.63, 3.8) is 0 Å². The second-order valence-corrected chi connectivity index (χ2v) is 9.17. The summed E-state index contributed by atoms with van der Waals surface area (Å²) in [7, 11) is -2.48. The van der Waals surface area contributed by atoms with Crippen LogP contribution in [0.3, 0.4) is 0 Å². The number of carboxylic acids is 1. The van der Waals surface area contributed by atoms with Crippen molar-refractivity contribution in [3.8, 4) is 0 Å². The van der Waals surface area contributed by atoms with Crippen LogP contribution in [-0.2, 0) is 0 Å². The number of aromatic nitrogens is 1. The van der Waals surface area contributed by atoms with Crippen molar-refractivity contribution in [1.82, 2.24) is 4.98 Å². The number of nitrogens with two attached hydrogens (primary N) is 1. The van der Waals surface area contributed by atoms with Crippen LogP contribution in [0.2, 0.25) is 0 Å². The summed E-state index contributed by atoms with van der Waals surface area (Å²) in [5.74, 6) is -0.643. The molecule has 0 saturated carbocycles. The fourth-order valence-corrected chi connectivity index (χ4v) is 5.01. The van der Waals surface area contributed by atoms with Crippen molar-refractivity contribution < 1.29 is 23.4 Å². The van der Waals surface area contributed by atoms with Crippen LogP contribution in [0.5, 0.6) is 0 Å². The molecule has 1 aliphatic rings. The lowest BCUT2D eigenvalue weighted by atomic mass is 9.92. The second kappa shape index (κ2) is 6.22. The van der Waals surface area contributed by atoms with E-state index in [0.717, 1.165) is 5.56 Å². The number of anilines is 1. The molecule has 0 unspecified atom stereocenters. The first-order valence-corrected chi connectivity index (χ1v) is 10.3. The third-order valence-corrected chi connectivity index (χ3v) is 6.78. The zero-order valence-electron chi connectivity index (χ0n) is 14.2. The van der Waals surface area contributed by atoms with Gasteiger partial charge in [-0.2, -0.15) is 15.6 Å². The molecule has 5 N–H and O–H groups in total. The van der Waals surface area contributed by atoms with Gasteiger partial charge in [0, 0.05) is 11.5 Å². The summed E-state index contributed by atoms with van der Waals surface area (Å²) in [6.07, 6.45) is 1.27. The lowest BCUT2D eigenvalue weighted by Crippen LogP contribution is -2.19. The number of aromatic carboxylic acids is 1. The van der Waals surface area contributed by atoms with E-state index in [2.05, 4.69) is 4.98 Å². The third kappa shape index (κ3) is 3.14. The number of hydrogen-bond acceptors (Lipinski definition) is 7. The number of pyridine rings is 1. The molecular weight excluding hydrogens is 372 g/mol. The highest BCUT2D eigenvalue weighted by Crippen LogP contribution is 2.48. The predicted molar refractivity (Wildman–Crippen MR) is 104 cm³/mol. The molecule has 4 rings (SSSR count).